The summed E-state index contributed by atoms with van der Waals surface area (Å²) in [5.74, 6) is 0.976. The Balaban J connectivity index is 1.35. The third kappa shape index (κ3) is 5.83. The van der Waals surface area contributed by atoms with Gasteiger partial charge in [0, 0.05) is 18.5 Å². The normalized spacial score (nSPS) is 18.6. The Bertz CT molecular complexity index is 1450. The maximum absolute atomic E-state index is 12.9. The Morgan fingerprint density at radius 3 is 2.28 bits per heavy atom. The molecule has 1 N–H and O–H groups in total. The number of rotatable bonds is 7. The lowest BCUT2D eigenvalue weighted by molar-refractivity contribution is -0.121. The summed E-state index contributed by atoms with van der Waals surface area (Å²) in [7, 11) is 3.27. The number of aliphatic imine (C=N–C) groups is 1. The molecule has 0 saturated carbocycles. The van der Waals surface area contributed by atoms with Crippen LogP contribution in [0.25, 0.3) is 0 Å². The highest BCUT2D eigenvalue weighted by Gasteiger charge is 2.39. The van der Waals surface area contributed by atoms with Gasteiger partial charge in [-0.3, -0.25) is 9.59 Å². The zero-order valence-electron chi connectivity index (χ0n) is 22.3. The van der Waals surface area contributed by atoms with E-state index in [1.165, 1.54) is 11.8 Å². The van der Waals surface area contributed by atoms with Crippen molar-refractivity contribution in [3.8, 4) is 11.5 Å². The fourth-order valence-corrected chi connectivity index (χ4v) is 5.60. The van der Waals surface area contributed by atoms with E-state index < -0.39 is 5.25 Å². The van der Waals surface area contributed by atoms with Gasteiger partial charge in [-0.15, -0.1) is 0 Å². The van der Waals surface area contributed by atoms with E-state index in [2.05, 4.69) is 10.3 Å². The van der Waals surface area contributed by atoms with Crippen molar-refractivity contribution in [3.05, 3.63) is 89.0 Å². The number of thioether (sulfide) groups is 1. The Kier molecular flexibility index (Phi) is 7.70. The first kappa shape index (κ1) is 26.5. The number of amides is 2. The number of carbonyl (C=O) groups excluding carboxylic acids is 2. The van der Waals surface area contributed by atoms with Gasteiger partial charge in [-0.2, -0.15) is 10.1 Å². The number of ether oxygens (including phenoxy) is 2. The molecule has 0 aromatic heterocycles. The molecular formula is C30H30N4O4S. The van der Waals surface area contributed by atoms with Gasteiger partial charge in [0.15, 0.2) is 5.17 Å². The van der Waals surface area contributed by atoms with Gasteiger partial charge in [0.25, 0.3) is 5.91 Å². The molecule has 2 amide bonds. The molecule has 39 heavy (non-hydrogen) atoms. The van der Waals surface area contributed by atoms with Gasteiger partial charge < -0.3 is 14.8 Å². The molecule has 2 aliphatic heterocycles. The van der Waals surface area contributed by atoms with E-state index in [-0.39, 0.29) is 24.3 Å². The van der Waals surface area contributed by atoms with E-state index in [4.69, 9.17) is 14.6 Å². The van der Waals surface area contributed by atoms with Crippen molar-refractivity contribution in [1.82, 2.24) is 5.01 Å². The summed E-state index contributed by atoms with van der Waals surface area (Å²) in [5.41, 5.74) is 5.83. The van der Waals surface area contributed by atoms with Crippen LogP contribution in [0.2, 0.25) is 0 Å². The molecule has 8 nitrogen and oxygen atoms in total. The van der Waals surface area contributed by atoms with Crippen LogP contribution in [0.3, 0.4) is 0 Å². The Morgan fingerprint density at radius 2 is 1.64 bits per heavy atom. The monoisotopic (exact) mass is 542 g/mol. The van der Waals surface area contributed by atoms with Gasteiger partial charge >= 0.3 is 0 Å². The van der Waals surface area contributed by atoms with Crippen molar-refractivity contribution in [2.75, 3.05) is 19.5 Å². The molecule has 5 rings (SSSR count). The van der Waals surface area contributed by atoms with E-state index >= 15 is 0 Å². The number of anilines is 1. The summed E-state index contributed by atoms with van der Waals surface area (Å²) in [6.45, 7) is 4.02. The first-order chi connectivity index (χ1) is 18.8. The minimum atomic E-state index is -0.608. The van der Waals surface area contributed by atoms with Gasteiger partial charge in [0.05, 0.1) is 26.0 Å². The van der Waals surface area contributed by atoms with Crippen molar-refractivity contribution in [2.45, 2.75) is 38.0 Å². The van der Waals surface area contributed by atoms with Crippen LogP contribution in [-0.2, 0) is 9.59 Å². The van der Waals surface area contributed by atoms with E-state index in [0.717, 1.165) is 39.5 Å². The van der Waals surface area contributed by atoms with Crippen LogP contribution in [-0.4, -0.2) is 47.2 Å². The van der Waals surface area contributed by atoms with Crippen LogP contribution in [0.4, 0.5) is 5.69 Å². The van der Waals surface area contributed by atoms with E-state index in [9.17, 15) is 9.59 Å². The summed E-state index contributed by atoms with van der Waals surface area (Å²) in [6.07, 6.45) is 0.657. The molecule has 0 spiro atoms. The number of nitrogens with one attached hydrogen (secondary N) is 1. The standard InChI is InChI=1S/C30H30N4O4S/c1-18-5-10-22(15-19(18)2)31-28(35)17-27-29(36)32-30(39-27)34-26(21-8-13-24(38-4)14-9-21)16-25(33-34)20-6-11-23(37-3)12-7-20/h5-15,26-27H,16-17H2,1-4H3,(H,31,35)/t26-,27-/m0/s1. The second-order valence-electron chi connectivity index (χ2n) is 9.50. The SMILES string of the molecule is COc1ccc(C2=NN(C3=NC(=O)[C@H](CC(=O)Nc4ccc(C)c(C)c4)S3)[C@H](c3ccc(OC)cc3)C2)cc1. The summed E-state index contributed by atoms with van der Waals surface area (Å²) in [4.78, 5) is 30.0. The van der Waals surface area contributed by atoms with Gasteiger partial charge in [-0.1, -0.05) is 30.0 Å². The van der Waals surface area contributed by atoms with Crippen LogP contribution in [0.1, 0.15) is 41.1 Å². The zero-order chi connectivity index (χ0) is 27.5. The molecule has 0 saturated heterocycles. The fourth-order valence-electron chi connectivity index (χ4n) is 4.53. The molecule has 2 atom stereocenters. The largest absolute Gasteiger partial charge is 0.497 e. The summed E-state index contributed by atoms with van der Waals surface area (Å²) in [6, 6.07) is 21.2. The fraction of sp³-hybridized carbons (Fsp3) is 0.267. The van der Waals surface area contributed by atoms with Crippen molar-refractivity contribution < 1.29 is 19.1 Å². The van der Waals surface area contributed by atoms with Crippen LogP contribution >= 0.6 is 11.8 Å². The van der Waals surface area contributed by atoms with Crippen LogP contribution in [0.15, 0.2) is 76.8 Å². The number of hydrogen-bond donors (Lipinski definition) is 1. The molecule has 0 unspecified atom stereocenters. The average molecular weight is 543 g/mol. The minimum Gasteiger partial charge on any atom is -0.497 e. The highest BCUT2D eigenvalue weighted by molar-refractivity contribution is 8.15. The lowest BCUT2D eigenvalue weighted by Crippen LogP contribution is -2.25. The molecule has 0 bridgehead atoms. The number of carbonyl (C=O) groups is 2. The van der Waals surface area contributed by atoms with Crippen molar-refractivity contribution in [3.63, 3.8) is 0 Å². The maximum Gasteiger partial charge on any atom is 0.262 e. The maximum atomic E-state index is 12.9. The van der Waals surface area contributed by atoms with Gasteiger partial charge in [0.2, 0.25) is 5.91 Å². The predicted molar refractivity (Wildman–Crippen MR) is 155 cm³/mol. The summed E-state index contributed by atoms with van der Waals surface area (Å²) in [5, 5.41) is 9.51. The highest BCUT2D eigenvalue weighted by Crippen LogP contribution is 2.39. The van der Waals surface area contributed by atoms with Crippen molar-refractivity contribution in [2.24, 2.45) is 10.1 Å². The van der Waals surface area contributed by atoms with Crippen LogP contribution in [0, 0.1) is 13.8 Å². The number of aryl methyl sites for hydroxylation is 2. The summed E-state index contributed by atoms with van der Waals surface area (Å²) >= 11 is 1.28. The number of amidine groups is 1. The quantitative estimate of drug-likeness (QED) is 0.424. The molecular weight excluding hydrogens is 512 g/mol. The van der Waals surface area contributed by atoms with Crippen LogP contribution < -0.4 is 14.8 Å². The van der Waals surface area contributed by atoms with Gasteiger partial charge in [0.1, 0.15) is 16.7 Å². The number of nitrogens with zero attached hydrogens (tertiary/aromatic N) is 3. The average Bonchev–Trinajstić information content (AvgIpc) is 3.54. The topological polar surface area (TPSA) is 92.6 Å². The first-order valence-electron chi connectivity index (χ1n) is 12.7. The van der Waals surface area contributed by atoms with Gasteiger partial charge in [-0.25, -0.2) is 5.01 Å². The Labute approximate surface area is 232 Å². The van der Waals surface area contributed by atoms with E-state index in [1.54, 1.807) is 14.2 Å². The molecule has 9 heteroatoms. The Morgan fingerprint density at radius 1 is 0.974 bits per heavy atom. The third-order valence-corrected chi connectivity index (χ3v) is 8.06. The molecule has 3 aromatic carbocycles. The van der Waals surface area contributed by atoms with E-state index in [0.29, 0.717) is 17.3 Å². The number of methoxy groups -OCH3 is 2. The predicted octanol–water partition coefficient (Wildman–Crippen LogP) is 5.50. The lowest BCUT2D eigenvalue weighted by atomic mass is 9.98. The summed E-state index contributed by atoms with van der Waals surface area (Å²) < 4.78 is 10.6. The van der Waals surface area contributed by atoms with Crippen LogP contribution in [0.5, 0.6) is 11.5 Å². The van der Waals surface area contributed by atoms with Crippen molar-refractivity contribution >= 4 is 40.1 Å². The second kappa shape index (κ2) is 11.3. The molecule has 2 aliphatic rings. The molecule has 0 fully saturated rings. The van der Waals surface area contributed by atoms with E-state index in [1.807, 2.05) is 85.6 Å². The molecule has 3 aromatic rings. The minimum absolute atomic E-state index is 0.0273. The first-order valence-corrected chi connectivity index (χ1v) is 13.5. The number of benzene rings is 3. The number of hydrogen-bond acceptors (Lipinski definition) is 7. The number of hydrazone groups is 1. The third-order valence-electron chi connectivity index (χ3n) is 6.92. The Hall–Kier alpha value is -4.11. The molecule has 0 aliphatic carbocycles. The molecule has 0 radical (unpaired) electrons. The molecule has 2 heterocycles. The molecule has 200 valence electrons. The lowest BCUT2D eigenvalue weighted by Gasteiger charge is -2.23. The zero-order valence-corrected chi connectivity index (χ0v) is 23.1. The highest BCUT2D eigenvalue weighted by atomic mass is 32.2. The van der Waals surface area contributed by atoms with Gasteiger partial charge in [-0.05, 0) is 84.6 Å². The van der Waals surface area contributed by atoms with Crippen molar-refractivity contribution in [1.29, 1.82) is 0 Å². The second-order valence-corrected chi connectivity index (χ2v) is 10.7. The smallest absolute Gasteiger partial charge is 0.262 e.